The molecule has 4 aromatic rings. The Kier molecular flexibility index (Phi) is 6.83. The molecule has 1 atom stereocenters. The topological polar surface area (TPSA) is 73.1 Å². The molecule has 1 aromatic heterocycles. The molecular weight excluding hydrogens is 414 g/mol. The summed E-state index contributed by atoms with van der Waals surface area (Å²) >= 11 is 0. The van der Waals surface area contributed by atoms with Crippen LogP contribution >= 0.6 is 0 Å². The van der Waals surface area contributed by atoms with Crippen LogP contribution in [0, 0.1) is 0 Å². The SMILES string of the molecule is CC(CCc1ccccc1)NC(=O)Cn1c(=O)c(=O)n(Cc2ccccc2)c2ccccc21. The van der Waals surface area contributed by atoms with Crippen molar-refractivity contribution in [3.63, 3.8) is 0 Å². The Morgan fingerprint density at radius 3 is 1.91 bits per heavy atom. The zero-order valence-electron chi connectivity index (χ0n) is 18.6. The number of aromatic nitrogens is 2. The van der Waals surface area contributed by atoms with E-state index in [1.54, 1.807) is 18.2 Å². The van der Waals surface area contributed by atoms with Gasteiger partial charge in [-0.1, -0.05) is 72.8 Å². The average Bonchev–Trinajstić information content (AvgIpc) is 2.84. The molecule has 0 bridgehead atoms. The molecule has 0 saturated carbocycles. The number of benzene rings is 3. The lowest BCUT2D eigenvalue weighted by Crippen LogP contribution is -2.45. The fourth-order valence-corrected chi connectivity index (χ4v) is 4.01. The number of nitrogens with zero attached hydrogens (tertiary/aromatic N) is 2. The first-order chi connectivity index (χ1) is 16.0. The molecule has 0 fully saturated rings. The highest BCUT2D eigenvalue weighted by atomic mass is 16.2. The van der Waals surface area contributed by atoms with Crippen molar-refractivity contribution >= 4 is 16.9 Å². The second-order valence-electron chi connectivity index (χ2n) is 8.25. The lowest BCUT2D eigenvalue weighted by Gasteiger charge is -2.17. The highest BCUT2D eigenvalue weighted by molar-refractivity contribution is 5.80. The van der Waals surface area contributed by atoms with Gasteiger partial charge >= 0.3 is 11.1 Å². The van der Waals surface area contributed by atoms with Gasteiger partial charge in [0.2, 0.25) is 5.91 Å². The summed E-state index contributed by atoms with van der Waals surface area (Å²) in [5, 5.41) is 2.96. The summed E-state index contributed by atoms with van der Waals surface area (Å²) in [6.45, 7) is 2.04. The summed E-state index contributed by atoms with van der Waals surface area (Å²) in [4.78, 5) is 38.7. The van der Waals surface area contributed by atoms with Gasteiger partial charge in [-0.05, 0) is 43.0 Å². The van der Waals surface area contributed by atoms with Gasteiger partial charge in [0.15, 0.2) is 0 Å². The van der Waals surface area contributed by atoms with Crippen LogP contribution in [-0.2, 0) is 24.3 Å². The molecule has 0 aliphatic carbocycles. The van der Waals surface area contributed by atoms with Crippen molar-refractivity contribution in [2.75, 3.05) is 0 Å². The second-order valence-corrected chi connectivity index (χ2v) is 8.25. The minimum Gasteiger partial charge on any atom is -0.352 e. The Morgan fingerprint density at radius 2 is 1.27 bits per heavy atom. The van der Waals surface area contributed by atoms with Gasteiger partial charge in [-0.3, -0.25) is 23.5 Å². The van der Waals surface area contributed by atoms with E-state index in [-0.39, 0.29) is 18.5 Å². The Morgan fingerprint density at radius 1 is 0.758 bits per heavy atom. The molecule has 0 aliphatic rings. The number of para-hydroxylation sites is 2. The van der Waals surface area contributed by atoms with E-state index in [4.69, 9.17) is 0 Å². The highest BCUT2D eigenvalue weighted by Gasteiger charge is 2.16. The summed E-state index contributed by atoms with van der Waals surface area (Å²) in [6, 6.07) is 26.7. The van der Waals surface area contributed by atoms with Crippen molar-refractivity contribution < 1.29 is 4.79 Å². The van der Waals surface area contributed by atoms with Crippen LogP contribution in [-0.4, -0.2) is 21.1 Å². The van der Waals surface area contributed by atoms with E-state index < -0.39 is 11.1 Å². The number of nitrogens with one attached hydrogen (secondary N) is 1. The maximum atomic E-state index is 13.0. The maximum absolute atomic E-state index is 13.0. The Hall–Kier alpha value is -3.93. The van der Waals surface area contributed by atoms with Crippen molar-refractivity contribution in [1.29, 1.82) is 0 Å². The van der Waals surface area contributed by atoms with Crippen molar-refractivity contribution in [3.8, 4) is 0 Å². The average molecular weight is 442 g/mol. The van der Waals surface area contributed by atoms with Gasteiger partial charge in [-0.25, -0.2) is 0 Å². The molecular formula is C27H27N3O3. The van der Waals surface area contributed by atoms with Crippen LogP contribution in [0.3, 0.4) is 0 Å². The molecule has 1 unspecified atom stereocenters. The van der Waals surface area contributed by atoms with Gasteiger partial charge in [-0.2, -0.15) is 0 Å². The summed E-state index contributed by atoms with van der Waals surface area (Å²) in [6.07, 6.45) is 1.63. The molecule has 0 spiro atoms. The number of amides is 1. The molecule has 168 valence electrons. The Balaban J connectivity index is 1.55. The monoisotopic (exact) mass is 441 g/mol. The third-order valence-electron chi connectivity index (χ3n) is 5.74. The molecule has 1 N–H and O–H groups in total. The van der Waals surface area contributed by atoms with Crippen molar-refractivity contribution in [2.24, 2.45) is 0 Å². The molecule has 0 aliphatic heterocycles. The lowest BCUT2D eigenvalue weighted by atomic mass is 10.1. The van der Waals surface area contributed by atoms with E-state index in [9.17, 15) is 14.4 Å². The van der Waals surface area contributed by atoms with Gasteiger partial charge < -0.3 is 5.32 Å². The van der Waals surface area contributed by atoms with Crippen molar-refractivity contribution in [1.82, 2.24) is 14.5 Å². The van der Waals surface area contributed by atoms with Gasteiger partial charge in [0.05, 0.1) is 17.6 Å². The highest BCUT2D eigenvalue weighted by Crippen LogP contribution is 2.12. The molecule has 1 amide bonds. The predicted octanol–water partition coefficient (Wildman–Crippen LogP) is 3.35. The van der Waals surface area contributed by atoms with Crippen molar-refractivity contribution in [3.05, 3.63) is 117 Å². The fraction of sp³-hybridized carbons (Fsp3) is 0.222. The Labute approximate surface area is 192 Å². The number of carbonyl (C=O) groups is 1. The maximum Gasteiger partial charge on any atom is 0.317 e. The van der Waals surface area contributed by atoms with Crippen LogP contribution in [0.5, 0.6) is 0 Å². The predicted molar refractivity (Wildman–Crippen MR) is 130 cm³/mol. The van der Waals surface area contributed by atoms with E-state index in [1.807, 2.05) is 61.5 Å². The van der Waals surface area contributed by atoms with Gasteiger partial charge in [0.1, 0.15) is 6.54 Å². The minimum atomic E-state index is -0.697. The van der Waals surface area contributed by atoms with Gasteiger partial charge in [-0.15, -0.1) is 0 Å². The third-order valence-corrected chi connectivity index (χ3v) is 5.74. The first kappa shape index (κ1) is 22.3. The second kappa shape index (κ2) is 10.1. The van der Waals surface area contributed by atoms with E-state index in [0.29, 0.717) is 17.6 Å². The van der Waals surface area contributed by atoms with Gasteiger partial charge in [0.25, 0.3) is 0 Å². The molecule has 4 rings (SSSR count). The fourth-order valence-electron chi connectivity index (χ4n) is 4.01. The summed E-state index contributed by atoms with van der Waals surface area (Å²) in [5.74, 6) is -0.289. The smallest absolute Gasteiger partial charge is 0.317 e. The number of fused-ring (bicyclic) bond motifs is 1. The van der Waals surface area contributed by atoms with E-state index in [1.165, 1.54) is 14.7 Å². The zero-order chi connectivity index (χ0) is 23.2. The van der Waals surface area contributed by atoms with Crippen LogP contribution in [0.4, 0.5) is 0 Å². The number of rotatable bonds is 8. The largest absolute Gasteiger partial charge is 0.352 e. The van der Waals surface area contributed by atoms with Crippen LogP contribution in [0.25, 0.3) is 11.0 Å². The number of hydrogen-bond donors (Lipinski definition) is 1. The minimum absolute atomic E-state index is 0.0573. The zero-order valence-corrected chi connectivity index (χ0v) is 18.6. The number of carbonyl (C=O) groups excluding carboxylic acids is 1. The van der Waals surface area contributed by atoms with E-state index in [0.717, 1.165) is 18.4 Å². The quantitative estimate of drug-likeness (QED) is 0.426. The molecule has 0 saturated heterocycles. The van der Waals surface area contributed by atoms with Crippen LogP contribution in [0.2, 0.25) is 0 Å². The third kappa shape index (κ3) is 5.29. The molecule has 0 radical (unpaired) electrons. The molecule has 3 aromatic carbocycles. The first-order valence-electron chi connectivity index (χ1n) is 11.1. The van der Waals surface area contributed by atoms with E-state index in [2.05, 4.69) is 17.4 Å². The van der Waals surface area contributed by atoms with Crippen molar-refractivity contribution in [2.45, 2.75) is 38.9 Å². The molecule has 33 heavy (non-hydrogen) atoms. The molecule has 6 heteroatoms. The van der Waals surface area contributed by atoms with Crippen LogP contribution < -0.4 is 16.4 Å². The number of aryl methyl sites for hydroxylation is 1. The summed E-state index contributed by atoms with van der Waals surface area (Å²) in [5.41, 5.74) is 1.98. The van der Waals surface area contributed by atoms with E-state index >= 15 is 0 Å². The summed E-state index contributed by atoms with van der Waals surface area (Å²) in [7, 11) is 0. The normalized spacial score (nSPS) is 11.9. The van der Waals surface area contributed by atoms with Gasteiger partial charge in [0, 0.05) is 6.04 Å². The molecule has 1 heterocycles. The Bertz CT molecular complexity index is 1360. The standard InChI is InChI=1S/C27H27N3O3/c1-20(16-17-21-10-4-2-5-11-21)28-25(31)19-30-24-15-9-8-14-23(24)29(26(32)27(30)33)18-22-12-6-3-7-13-22/h2-15,20H,16-19H2,1H3,(H,28,31). The summed E-state index contributed by atoms with van der Waals surface area (Å²) < 4.78 is 2.75. The van der Waals surface area contributed by atoms with Crippen LogP contribution in [0.1, 0.15) is 24.5 Å². The lowest BCUT2D eigenvalue weighted by molar-refractivity contribution is -0.122. The first-order valence-corrected chi connectivity index (χ1v) is 11.1. The molecule has 6 nitrogen and oxygen atoms in total. The number of hydrogen-bond acceptors (Lipinski definition) is 3. The van der Waals surface area contributed by atoms with Crippen LogP contribution in [0.15, 0.2) is 94.5 Å².